The molecule has 4 rings (SSSR count). The van der Waals surface area contributed by atoms with E-state index in [-0.39, 0.29) is 10.8 Å². The van der Waals surface area contributed by atoms with E-state index in [1.807, 2.05) is 19.9 Å². The molecule has 1 amide bonds. The molecule has 162 valence electrons. The van der Waals surface area contributed by atoms with Crippen molar-refractivity contribution in [3.8, 4) is 5.75 Å². The van der Waals surface area contributed by atoms with Gasteiger partial charge in [0.25, 0.3) is 15.9 Å². The number of aryl methyl sites for hydroxylation is 2. The first kappa shape index (κ1) is 21.0. The Kier molecular flexibility index (Phi) is 5.49. The number of rotatable bonds is 5. The van der Waals surface area contributed by atoms with Gasteiger partial charge in [0.15, 0.2) is 5.76 Å². The van der Waals surface area contributed by atoms with E-state index in [1.54, 1.807) is 48.4 Å². The summed E-state index contributed by atoms with van der Waals surface area (Å²) in [5.74, 6) is 0.797. The number of hydrogen-bond donors (Lipinski definition) is 1. The lowest BCUT2D eigenvalue weighted by molar-refractivity contribution is 0.0702. The Balaban J connectivity index is 1.57. The number of carbonyl (C=O) groups is 1. The molecular formula is C23H24N2O5S. The van der Waals surface area contributed by atoms with Crippen molar-refractivity contribution in [2.45, 2.75) is 31.7 Å². The van der Waals surface area contributed by atoms with E-state index in [2.05, 4.69) is 4.72 Å². The summed E-state index contributed by atoms with van der Waals surface area (Å²) < 4.78 is 39.1. The lowest BCUT2D eigenvalue weighted by atomic mass is 9.99. The fourth-order valence-corrected chi connectivity index (χ4v) is 5.17. The average molecular weight is 441 g/mol. The molecule has 0 spiro atoms. The third-order valence-corrected chi connectivity index (χ3v) is 6.80. The third kappa shape index (κ3) is 4.16. The summed E-state index contributed by atoms with van der Waals surface area (Å²) in [6, 6.07) is 12.0. The number of methoxy groups -OCH3 is 1. The monoisotopic (exact) mass is 440 g/mol. The van der Waals surface area contributed by atoms with Crippen LogP contribution in [0.5, 0.6) is 5.75 Å². The number of nitrogens with zero attached hydrogens (tertiary/aromatic N) is 1. The van der Waals surface area contributed by atoms with Crippen LogP contribution in [-0.4, -0.2) is 32.9 Å². The van der Waals surface area contributed by atoms with E-state index in [9.17, 15) is 13.2 Å². The van der Waals surface area contributed by atoms with Crippen molar-refractivity contribution in [1.82, 2.24) is 4.90 Å². The Morgan fingerprint density at radius 1 is 1.10 bits per heavy atom. The molecule has 1 aliphatic rings. The molecule has 2 heterocycles. The number of carbonyl (C=O) groups excluding carboxylic acids is 1. The zero-order valence-electron chi connectivity index (χ0n) is 17.6. The molecule has 1 aromatic heterocycles. The molecule has 0 fully saturated rings. The lowest BCUT2D eigenvalue weighted by Gasteiger charge is -2.28. The minimum absolute atomic E-state index is 0.175. The van der Waals surface area contributed by atoms with Crippen molar-refractivity contribution in [1.29, 1.82) is 0 Å². The van der Waals surface area contributed by atoms with Gasteiger partial charge in [-0.05, 0) is 78.9 Å². The zero-order valence-corrected chi connectivity index (χ0v) is 18.5. The molecule has 1 N–H and O–H groups in total. The summed E-state index contributed by atoms with van der Waals surface area (Å²) in [6.45, 7) is 4.61. The number of ether oxygens (including phenoxy) is 1. The van der Waals surface area contributed by atoms with Crippen LogP contribution in [0.1, 0.15) is 32.8 Å². The van der Waals surface area contributed by atoms with Gasteiger partial charge in [-0.25, -0.2) is 8.42 Å². The highest BCUT2D eigenvalue weighted by atomic mass is 32.2. The maximum Gasteiger partial charge on any atom is 0.289 e. The van der Waals surface area contributed by atoms with Crippen molar-refractivity contribution < 1.29 is 22.4 Å². The van der Waals surface area contributed by atoms with Crippen molar-refractivity contribution in [3.63, 3.8) is 0 Å². The topological polar surface area (TPSA) is 88.9 Å². The third-order valence-electron chi connectivity index (χ3n) is 5.44. The van der Waals surface area contributed by atoms with E-state index < -0.39 is 10.0 Å². The van der Waals surface area contributed by atoms with E-state index in [0.717, 1.165) is 22.3 Å². The summed E-state index contributed by atoms with van der Waals surface area (Å²) in [6.07, 6.45) is 2.17. The minimum atomic E-state index is -3.78. The molecular weight excluding hydrogens is 416 g/mol. The van der Waals surface area contributed by atoms with Gasteiger partial charge in [0, 0.05) is 18.8 Å². The Morgan fingerprint density at radius 2 is 1.84 bits per heavy atom. The number of sulfonamides is 1. The summed E-state index contributed by atoms with van der Waals surface area (Å²) in [7, 11) is -2.21. The van der Waals surface area contributed by atoms with Gasteiger partial charge < -0.3 is 14.1 Å². The van der Waals surface area contributed by atoms with Gasteiger partial charge in [-0.3, -0.25) is 9.52 Å². The van der Waals surface area contributed by atoms with E-state index >= 15 is 0 Å². The molecule has 7 nitrogen and oxygen atoms in total. The highest BCUT2D eigenvalue weighted by molar-refractivity contribution is 7.92. The first-order valence-electron chi connectivity index (χ1n) is 9.91. The molecule has 0 saturated carbocycles. The Morgan fingerprint density at radius 3 is 2.48 bits per heavy atom. The molecule has 31 heavy (non-hydrogen) atoms. The van der Waals surface area contributed by atoms with Crippen LogP contribution in [0, 0.1) is 13.8 Å². The summed E-state index contributed by atoms with van der Waals surface area (Å²) in [5, 5.41) is 0. The van der Waals surface area contributed by atoms with Gasteiger partial charge in [0.2, 0.25) is 0 Å². The van der Waals surface area contributed by atoms with Crippen molar-refractivity contribution in [3.05, 3.63) is 76.7 Å². The number of anilines is 1. The molecule has 0 aliphatic carbocycles. The van der Waals surface area contributed by atoms with Crippen LogP contribution in [0.25, 0.3) is 0 Å². The van der Waals surface area contributed by atoms with Crippen LogP contribution in [0.15, 0.2) is 58.0 Å². The second kappa shape index (κ2) is 8.11. The molecule has 0 atom stereocenters. The predicted molar refractivity (Wildman–Crippen MR) is 117 cm³/mol. The first-order chi connectivity index (χ1) is 14.8. The van der Waals surface area contributed by atoms with E-state index in [0.29, 0.717) is 36.7 Å². The Bertz CT molecular complexity index is 1210. The smallest absolute Gasteiger partial charge is 0.289 e. The van der Waals surface area contributed by atoms with Crippen molar-refractivity contribution in [2.24, 2.45) is 0 Å². The molecule has 0 saturated heterocycles. The van der Waals surface area contributed by atoms with E-state index in [1.165, 1.54) is 6.26 Å². The average Bonchev–Trinajstić information content (AvgIpc) is 3.27. The first-order valence-corrected chi connectivity index (χ1v) is 11.4. The van der Waals surface area contributed by atoms with E-state index in [4.69, 9.17) is 9.15 Å². The van der Waals surface area contributed by atoms with Gasteiger partial charge in [-0.15, -0.1) is 0 Å². The van der Waals surface area contributed by atoms with Crippen LogP contribution in [0.3, 0.4) is 0 Å². The Hall–Kier alpha value is -3.26. The standard InChI is InChI=1S/C23H24N2O5S/c1-15-11-20(12-16(2)22(15)29-3)31(27,28)24-19-7-6-17-8-9-25(14-18(17)13-19)23(26)21-5-4-10-30-21/h4-7,10-13,24H,8-9,14H2,1-3H3. The molecule has 0 radical (unpaired) electrons. The van der Waals surface area contributed by atoms with Crippen LogP contribution >= 0.6 is 0 Å². The number of benzene rings is 2. The molecule has 2 aromatic carbocycles. The second-order valence-corrected chi connectivity index (χ2v) is 9.32. The highest BCUT2D eigenvalue weighted by Crippen LogP contribution is 2.29. The maximum absolute atomic E-state index is 13.0. The zero-order chi connectivity index (χ0) is 22.2. The Labute approximate surface area is 181 Å². The quantitative estimate of drug-likeness (QED) is 0.650. The number of nitrogens with one attached hydrogen (secondary N) is 1. The highest BCUT2D eigenvalue weighted by Gasteiger charge is 2.24. The van der Waals surface area contributed by atoms with Crippen LogP contribution in [0.2, 0.25) is 0 Å². The number of fused-ring (bicyclic) bond motifs is 1. The fourth-order valence-electron chi connectivity index (χ4n) is 3.95. The van der Waals surface area contributed by atoms with Gasteiger partial charge in [0.05, 0.1) is 18.3 Å². The predicted octanol–water partition coefficient (Wildman–Crippen LogP) is 3.90. The number of amides is 1. The fraction of sp³-hybridized carbons (Fsp3) is 0.261. The van der Waals surface area contributed by atoms with Crippen molar-refractivity contribution >= 4 is 21.6 Å². The van der Waals surface area contributed by atoms with Crippen LogP contribution in [-0.2, 0) is 23.0 Å². The molecule has 3 aromatic rings. The lowest BCUT2D eigenvalue weighted by Crippen LogP contribution is -2.35. The second-order valence-electron chi connectivity index (χ2n) is 7.63. The molecule has 8 heteroatoms. The normalized spacial score (nSPS) is 13.6. The van der Waals surface area contributed by atoms with Gasteiger partial charge in [0.1, 0.15) is 5.75 Å². The van der Waals surface area contributed by atoms with Crippen LogP contribution < -0.4 is 9.46 Å². The molecule has 0 unspecified atom stereocenters. The molecule has 0 bridgehead atoms. The SMILES string of the molecule is COc1c(C)cc(S(=O)(=O)Nc2ccc3c(c2)CN(C(=O)c2ccco2)CC3)cc1C. The van der Waals surface area contributed by atoms with Gasteiger partial charge >= 0.3 is 0 Å². The number of furan rings is 1. The summed E-state index contributed by atoms with van der Waals surface area (Å²) in [4.78, 5) is 14.5. The van der Waals surface area contributed by atoms with Gasteiger partial charge in [-0.2, -0.15) is 0 Å². The maximum atomic E-state index is 13.0. The summed E-state index contributed by atoms with van der Waals surface area (Å²) in [5.41, 5.74) is 3.97. The van der Waals surface area contributed by atoms with Crippen LogP contribution in [0.4, 0.5) is 5.69 Å². The molecule has 1 aliphatic heterocycles. The van der Waals surface area contributed by atoms with Crippen molar-refractivity contribution in [2.75, 3.05) is 18.4 Å². The largest absolute Gasteiger partial charge is 0.496 e. The number of hydrogen-bond acceptors (Lipinski definition) is 5. The summed E-state index contributed by atoms with van der Waals surface area (Å²) >= 11 is 0. The minimum Gasteiger partial charge on any atom is -0.496 e. The van der Waals surface area contributed by atoms with Gasteiger partial charge in [-0.1, -0.05) is 6.07 Å².